The monoisotopic (exact) mass is 304 g/mol. The summed E-state index contributed by atoms with van der Waals surface area (Å²) < 4.78 is 5.54. The second kappa shape index (κ2) is 6.62. The molecule has 108 valence electrons. The molecule has 1 heterocycles. The highest BCUT2D eigenvalue weighted by Crippen LogP contribution is 2.25. The van der Waals surface area contributed by atoms with Crippen LogP contribution < -0.4 is 10.7 Å². The largest absolute Gasteiger partial charge is 0.455 e. The number of hydrazone groups is 1. The van der Waals surface area contributed by atoms with Crippen molar-refractivity contribution in [3.05, 3.63) is 52.3 Å². The molecule has 1 aromatic heterocycles. The van der Waals surface area contributed by atoms with Crippen LogP contribution in [-0.4, -0.2) is 23.3 Å². The number of thiocarbonyl (C=S) groups is 1. The van der Waals surface area contributed by atoms with Crippen LogP contribution in [0.25, 0.3) is 11.3 Å². The Labute approximate surface area is 125 Å². The SMILES string of the molecule is CNC(=S)N/N=C/c1ccc(-c2cccc([N+](=O)[O-])c2)o1. The Morgan fingerprint density at radius 3 is 2.95 bits per heavy atom. The second-order valence-electron chi connectivity index (χ2n) is 3.96. The average molecular weight is 304 g/mol. The second-order valence-corrected chi connectivity index (χ2v) is 4.37. The molecule has 1 aromatic carbocycles. The smallest absolute Gasteiger partial charge is 0.270 e. The normalized spacial score (nSPS) is 10.5. The molecule has 0 atom stereocenters. The van der Waals surface area contributed by atoms with Crippen molar-refractivity contribution >= 4 is 29.2 Å². The third-order valence-corrected chi connectivity index (χ3v) is 2.85. The minimum absolute atomic E-state index is 0.0140. The molecule has 2 aromatic rings. The summed E-state index contributed by atoms with van der Waals surface area (Å²) in [5, 5.41) is 17.7. The van der Waals surface area contributed by atoms with E-state index in [4.69, 9.17) is 16.6 Å². The number of nitrogens with zero attached hydrogens (tertiary/aromatic N) is 2. The molecule has 0 spiro atoms. The molecule has 21 heavy (non-hydrogen) atoms. The minimum Gasteiger partial charge on any atom is -0.455 e. The van der Waals surface area contributed by atoms with Crippen LogP contribution in [0.5, 0.6) is 0 Å². The first-order valence-corrected chi connectivity index (χ1v) is 6.36. The van der Waals surface area contributed by atoms with Gasteiger partial charge in [-0.15, -0.1) is 0 Å². The van der Waals surface area contributed by atoms with E-state index in [1.807, 2.05) is 0 Å². The van der Waals surface area contributed by atoms with Crippen LogP contribution in [0.3, 0.4) is 0 Å². The molecule has 0 saturated carbocycles. The number of benzene rings is 1. The number of rotatable bonds is 4. The predicted octanol–water partition coefficient (Wildman–Crippen LogP) is 2.28. The Hall–Kier alpha value is -2.74. The van der Waals surface area contributed by atoms with E-state index in [0.717, 1.165) is 0 Å². The lowest BCUT2D eigenvalue weighted by Crippen LogP contribution is -2.28. The standard InChI is InChI=1S/C13H12N4O3S/c1-14-13(21)16-15-8-11-5-6-12(20-11)9-3-2-4-10(7-9)17(18)19/h2-8H,1H3,(H2,14,16,21)/b15-8+. The maximum atomic E-state index is 10.8. The van der Waals surface area contributed by atoms with Crippen molar-refractivity contribution in [3.63, 3.8) is 0 Å². The highest BCUT2D eigenvalue weighted by Gasteiger charge is 2.09. The lowest BCUT2D eigenvalue weighted by atomic mass is 10.1. The van der Waals surface area contributed by atoms with Gasteiger partial charge in [0, 0.05) is 24.7 Å². The third kappa shape index (κ3) is 3.86. The Morgan fingerprint density at radius 2 is 2.24 bits per heavy atom. The summed E-state index contributed by atoms with van der Waals surface area (Å²) in [7, 11) is 1.68. The van der Waals surface area contributed by atoms with Gasteiger partial charge in [-0.1, -0.05) is 12.1 Å². The summed E-state index contributed by atoms with van der Waals surface area (Å²) in [5.74, 6) is 1.03. The summed E-state index contributed by atoms with van der Waals surface area (Å²) >= 11 is 4.86. The van der Waals surface area contributed by atoms with Crippen molar-refractivity contribution in [1.29, 1.82) is 0 Å². The van der Waals surface area contributed by atoms with Gasteiger partial charge >= 0.3 is 0 Å². The lowest BCUT2D eigenvalue weighted by Gasteiger charge is -1.98. The van der Waals surface area contributed by atoms with Gasteiger partial charge in [0.05, 0.1) is 11.1 Å². The topological polar surface area (TPSA) is 92.7 Å². The molecule has 0 bridgehead atoms. The molecule has 0 unspecified atom stereocenters. The maximum Gasteiger partial charge on any atom is 0.270 e. The molecule has 0 radical (unpaired) electrons. The van der Waals surface area contributed by atoms with Crippen molar-refractivity contribution in [1.82, 2.24) is 10.7 Å². The van der Waals surface area contributed by atoms with Gasteiger partial charge in [0.1, 0.15) is 11.5 Å². The van der Waals surface area contributed by atoms with Gasteiger partial charge in [-0.2, -0.15) is 5.10 Å². The molecule has 0 aliphatic rings. The van der Waals surface area contributed by atoms with Crippen LogP contribution >= 0.6 is 12.2 Å². The number of hydrogen-bond acceptors (Lipinski definition) is 5. The van der Waals surface area contributed by atoms with Crippen LogP contribution in [0.2, 0.25) is 0 Å². The fraction of sp³-hybridized carbons (Fsp3) is 0.0769. The summed E-state index contributed by atoms with van der Waals surface area (Å²) in [6.45, 7) is 0. The number of nitro benzene ring substituents is 1. The molecule has 0 saturated heterocycles. The maximum absolute atomic E-state index is 10.8. The quantitative estimate of drug-likeness (QED) is 0.389. The zero-order valence-electron chi connectivity index (χ0n) is 11.1. The van der Waals surface area contributed by atoms with E-state index in [9.17, 15) is 10.1 Å². The molecule has 2 rings (SSSR count). The highest BCUT2D eigenvalue weighted by atomic mass is 32.1. The zero-order valence-corrected chi connectivity index (χ0v) is 11.9. The Balaban J connectivity index is 2.14. The van der Waals surface area contributed by atoms with E-state index in [2.05, 4.69) is 15.8 Å². The molecule has 0 aliphatic carbocycles. The molecule has 0 amide bonds. The van der Waals surface area contributed by atoms with Gasteiger partial charge in [-0.3, -0.25) is 15.5 Å². The third-order valence-electron chi connectivity index (χ3n) is 2.55. The summed E-state index contributed by atoms with van der Waals surface area (Å²) in [6, 6.07) is 9.65. The first-order chi connectivity index (χ1) is 10.1. The van der Waals surface area contributed by atoms with Crippen molar-refractivity contribution in [2.24, 2.45) is 5.10 Å². The molecular weight excluding hydrogens is 292 g/mol. The van der Waals surface area contributed by atoms with Crippen molar-refractivity contribution in [2.75, 3.05) is 7.05 Å². The fourth-order valence-corrected chi connectivity index (χ4v) is 1.61. The van der Waals surface area contributed by atoms with E-state index in [-0.39, 0.29) is 5.69 Å². The number of nitrogens with one attached hydrogen (secondary N) is 2. The van der Waals surface area contributed by atoms with Crippen LogP contribution in [0.1, 0.15) is 5.76 Å². The molecule has 7 nitrogen and oxygen atoms in total. The fourth-order valence-electron chi connectivity index (χ4n) is 1.56. The van der Waals surface area contributed by atoms with Crippen molar-refractivity contribution < 1.29 is 9.34 Å². The van der Waals surface area contributed by atoms with Crippen LogP contribution in [0, 0.1) is 10.1 Å². The van der Waals surface area contributed by atoms with Gasteiger partial charge < -0.3 is 9.73 Å². The van der Waals surface area contributed by atoms with Crippen LogP contribution in [0.4, 0.5) is 5.69 Å². The number of nitro groups is 1. The van der Waals surface area contributed by atoms with Gasteiger partial charge in [0.25, 0.3) is 5.69 Å². The van der Waals surface area contributed by atoms with Gasteiger partial charge in [-0.05, 0) is 24.4 Å². The first kappa shape index (κ1) is 14.7. The summed E-state index contributed by atoms with van der Waals surface area (Å²) in [5.41, 5.74) is 3.24. The highest BCUT2D eigenvalue weighted by molar-refractivity contribution is 7.80. The van der Waals surface area contributed by atoms with Crippen molar-refractivity contribution in [3.8, 4) is 11.3 Å². The number of hydrogen-bond donors (Lipinski definition) is 2. The van der Waals surface area contributed by atoms with E-state index >= 15 is 0 Å². The van der Waals surface area contributed by atoms with E-state index in [1.165, 1.54) is 18.3 Å². The van der Waals surface area contributed by atoms with Crippen LogP contribution in [-0.2, 0) is 0 Å². The minimum atomic E-state index is -0.447. The van der Waals surface area contributed by atoms with Gasteiger partial charge in [-0.25, -0.2) is 0 Å². The molecule has 2 N–H and O–H groups in total. The molecular formula is C13H12N4O3S. The summed E-state index contributed by atoms with van der Waals surface area (Å²) in [6.07, 6.45) is 1.46. The molecule has 8 heteroatoms. The summed E-state index contributed by atoms with van der Waals surface area (Å²) in [4.78, 5) is 10.3. The number of non-ortho nitro benzene ring substituents is 1. The van der Waals surface area contributed by atoms with E-state index < -0.39 is 4.92 Å². The molecule has 0 aliphatic heterocycles. The van der Waals surface area contributed by atoms with Gasteiger partial charge in [0.2, 0.25) is 0 Å². The lowest BCUT2D eigenvalue weighted by molar-refractivity contribution is -0.384. The van der Waals surface area contributed by atoms with Crippen LogP contribution in [0.15, 0.2) is 45.9 Å². The van der Waals surface area contributed by atoms with Gasteiger partial charge in [0.15, 0.2) is 5.11 Å². The zero-order chi connectivity index (χ0) is 15.2. The first-order valence-electron chi connectivity index (χ1n) is 5.95. The van der Waals surface area contributed by atoms with E-state index in [1.54, 1.807) is 31.3 Å². The Kier molecular flexibility index (Phi) is 4.62. The number of furan rings is 1. The van der Waals surface area contributed by atoms with E-state index in [0.29, 0.717) is 22.2 Å². The Bertz CT molecular complexity index is 696. The average Bonchev–Trinajstić information content (AvgIpc) is 2.96. The Morgan fingerprint density at radius 1 is 1.43 bits per heavy atom. The molecule has 0 fully saturated rings. The van der Waals surface area contributed by atoms with Crippen molar-refractivity contribution in [2.45, 2.75) is 0 Å². The predicted molar refractivity (Wildman–Crippen MR) is 83.2 cm³/mol.